The molecule has 21 heavy (non-hydrogen) atoms. The van der Waals surface area contributed by atoms with Crippen molar-refractivity contribution in [2.45, 2.75) is 26.1 Å². The SMILES string of the molecule is CC(C)Oc1cncc(C(O)c2cc(F)c(F)cc2F)c1. The maximum atomic E-state index is 13.7. The lowest BCUT2D eigenvalue weighted by atomic mass is 10.0. The first-order valence-electron chi connectivity index (χ1n) is 6.32. The lowest BCUT2D eigenvalue weighted by molar-refractivity contribution is 0.210. The summed E-state index contributed by atoms with van der Waals surface area (Å²) in [5, 5.41) is 10.1. The van der Waals surface area contributed by atoms with E-state index in [0.29, 0.717) is 17.9 Å². The summed E-state index contributed by atoms with van der Waals surface area (Å²) < 4.78 is 45.2. The fourth-order valence-electron chi connectivity index (χ4n) is 1.85. The van der Waals surface area contributed by atoms with Crippen LogP contribution in [-0.4, -0.2) is 16.2 Å². The van der Waals surface area contributed by atoms with Gasteiger partial charge in [-0.2, -0.15) is 0 Å². The molecular weight excluding hydrogens is 283 g/mol. The molecule has 3 nitrogen and oxygen atoms in total. The Kier molecular flexibility index (Phi) is 4.47. The summed E-state index contributed by atoms with van der Waals surface area (Å²) in [6.07, 6.45) is 1.18. The van der Waals surface area contributed by atoms with Crippen LogP contribution < -0.4 is 4.74 Å². The van der Waals surface area contributed by atoms with Crippen LogP contribution in [-0.2, 0) is 0 Å². The second-order valence-electron chi connectivity index (χ2n) is 4.81. The van der Waals surface area contributed by atoms with Crippen molar-refractivity contribution < 1.29 is 23.0 Å². The Bertz CT molecular complexity index is 647. The van der Waals surface area contributed by atoms with Crippen molar-refractivity contribution in [3.8, 4) is 5.75 Å². The Morgan fingerprint density at radius 3 is 2.33 bits per heavy atom. The Hall–Kier alpha value is -2.08. The van der Waals surface area contributed by atoms with Gasteiger partial charge < -0.3 is 9.84 Å². The van der Waals surface area contributed by atoms with Crippen LogP contribution in [0.4, 0.5) is 13.2 Å². The highest BCUT2D eigenvalue weighted by molar-refractivity contribution is 5.33. The molecule has 0 saturated heterocycles. The van der Waals surface area contributed by atoms with Crippen LogP contribution >= 0.6 is 0 Å². The van der Waals surface area contributed by atoms with Gasteiger partial charge in [0.05, 0.1) is 12.3 Å². The number of hydrogen-bond acceptors (Lipinski definition) is 3. The smallest absolute Gasteiger partial charge is 0.161 e. The van der Waals surface area contributed by atoms with E-state index < -0.39 is 23.6 Å². The normalized spacial score (nSPS) is 12.5. The zero-order chi connectivity index (χ0) is 15.6. The molecule has 0 radical (unpaired) electrons. The van der Waals surface area contributed by atoms with Crippen LogP contribution in [0.2, 0.25) is 0 Å². The molecule has 2 rings (SSSR count). The molecule has 0 spiro atoms. The molecule has 0 saturated carbocycles. The number of aliphatic hydroxyl groups is 1. The van der Waals surface area contributed by atoms with Crippen LogP contribution in [0.25, 0.3) is 0 Å². The molecule has 1 unspecified atom stereocenters. The van der Waals surface area contributed by atoms with E-state index in [2.05, 4.69) is 4.98 Å². The number of ether oxygens (including phenoxy) is 1. The molecule has 1 aromatic heterocycles. The second kappa shape index (κ2) is 6.13. The Labute approximate surface area is 120 Å². The number of rotatable bonds is 4. The predicted molar refractivity (Wildman–Crippen MR) is 70.4 cm³/mol. The summed E-state index contributed by atoms with van der Waals surface area (Å²) in [4.78, 5) is 3.88. The maximum absolute atomic E-state index is 13.7. The van der Waals surface area contributed by atoms with Crippen LogP contribution in [0.3, 0.4) is 0 Å². The molecule has 2 aromatic rings. The number of pyridine rings is 1. The third kappa shape index (κ3) is 3.52. The third-order valence-corrected chi connectivity index (χ3v) is 2.76. The van der Waals surface area contributed by atoms with Gasteiger partial charge in [0.15, 0.2) is 11.6 Å². The average Bonchev–Trinajstić information content (AvgIpc) is 2.41. The third-order valence-electron chi connectivity index (χ3n) is 2.76. The zero-order valence-electron chi connectivity index (χ0n) is 11.5. The fourth-order valence-corrected chi connectivity index (χ4v) is 1.85. The zero-order valence-corrected chi connectivity index (χ0v) is 11.5. The minimum absolute atomic E-state index is 0.0980. The largest absolute Gasteiger partial charge is 0.489 e. The summed E-state index contributed by atoms with van der Waals surface area (Å²) in [6.45, 7) is 3.64. The van der Waals surface area contributed by atoms with E-state index in [4.69, 9.17) is 4.74 Å². The molecule has 1 aromatic carbocycles. The molecular formula is C15H14F3NO2. The molecule has 6 heteroatoms. The van der Waals surface area contributed by atoms with Crippen molar-refractivity contribution in [2.75, 3.05) is 0 Å². The number of aliphatic hydroxyl groups excluding tert-OH is 1. The Balaban J connectivity index is 2.36. The standard InChI is InChI=1S/C15H14F3NO2/c1-8(2)21-10-3-9(6-19-7-10)15(20)11-4-13(17)14(18)5-12(11)16/h3-8,15,20H,1-2H3. The van der Waals surface area contributed by atoms with Gasteiger partial charge in [-0.25, -0.2) is 13.2 Å². The molecule has 1 heterocycles. The van der Waals surface area contributed by atoms with E-state index in [1.807, 2.05) is 13.8 Å². The highest BCUT2D eigenvalue weighted by Crippen LogP contribution is 2.27. The summed E-state index contributed by atoms with van der Waals surface area (Å²) in [5.74, 6) is -3.17. The van der Waals surface area contributed by atoms with Crippen molar-refractivity contribution >= 4 is 0 Å². The minimum Gasteiger partial charge on any atom is -0.489 e. The van der Waals surface area contributed by atoms with Gasteiger partial charge in [-0.1, -0.05) is 0 Å². The van der Waals surface area contributed by atoms with E-state index in [1.165, 1.54) is 18.5 Å². The molecule has 1 N–H and O–H groups in total. The van der Waals surface area contributed by atoms with E-state index in [9.17, 15) is 18.3 Å². The van der Waals surface area contributed by atoms with Gasteiger partial charge in [0, 0.05) is 23.4 Å². The van der Waals surface area contributed by atoms with E-state index in [0.717, 1.165) is 0 Å². The van der Waals surface area contributed by atoms with Gasteiger partial charge in [-0.05, 0) is 26.0 Å². The topological polar surface area (TPSA) is 42.4 Å². The van der Waals surface area contributed by atoms with Gasteiger partial charge in [0.2, 0.25) is 0 Å². The summed E-state index contributed by atoms with van der Waals surface area (Å²) in [7, 11) is 0. The molecule has 1 atom stereocenters. The first-order valence-corrected chi connectivity index (χ1v) is 6.32. The van der Waals surface area contributed by atoms with Crippen molar-refractivity contribution in [3.63, 3.8) is 0 Å². The number of nitrogens with zero attached hydrogens (tertiary/aromatic N) is 1. The summed E-state index contributed by atoms with van der Waals surface area (Å²) in [5.41, 5.74) is -0.143. The van der Waals surface area contributed by atoms with Crippen molar-refractivity contribution in [2.24, 2.45) is 0 Å². The Morgan fingerprint density at radius 1 is 1.00 bits per heavy atom. The van der Waals surface area contributed by atoms with E-state index in [-0.39, 0.29) is 17.2 Å². The van der Waals surface area contributed by atoms with Gasteiger partial charge in [-0.3, -0.25) is 4.98 Å². The fraction of sp³-hybridized carbons (Fsp3) is 0.267. The summed E-state index contributed by atoms with van der Waals surface area (Å²) in [6, 6.07) is 2.50. The molecule has 0 aliphatic carbocycles. The van der Waals surface area contributed by atoms with Crippen LogP contribution in [0.1, 0.15) is 31.1 Å². The molecule has 0 aliphatic rings. The molecule has 112 valence electrons. The molecule has 0 amide bonds. The maximum Gasteiger partial charge on any atom is 0.161 e. The van der Waals surface area contributed by atoms with E-state index >= 15 is 0 Å². The second-order valence-corrected chi connectivity index (χ2v) is 4.81. The van der Waals surface area contributed by atoms with Gasteiger partial charge in [-0.15, -0.1) is 0 Å². The van der Waals surface area contributed by atoms with Crippen molar-refractivity contribution in [3.05, 3.63) is 59.2 Å². The Morgan fingerprint density at radius 2 is 1.67 bits per heavy atom. The highest BCUT2D eigenvalue weighted by Gasteiger charge is 2.19. The van der Waals surface area contributed by atoms with Crippen molar-refractivity contribution in [1.29, 1.82) is 0 Å². The predicted octanol–water partition coefficient (Wildman–Crippen LogP) is 3.37. The molecule has 0 bridgehead atoms. The number of halogens is 3. The lowest BCUT2D eigenvalue weighted by Gasteiger charge is -2.15. The summed E-state index contributed by atoms with van der Waals surface area (Å²) >= 11 is 0. The molecule has 0 fully saturated rings. The quantitative estimate of drug-likeness (QED) is 0.880. The first kappa shape index (κ1) is 15.3. The monoisotopic (exact) mass is 297 g/mol. The number of benzene rings is 1. The van der Waals surface area contributed by atoms with Crippen molar-refractivity contribution in [1.82, 2.24) is 4.98 Å². The van der Waals surface area contributed by atoms with Crippen LogP contribution in [0.5, 0.6) is 5.75 Å². The van der Waals surface area contributed by atoms with Gasteiger partial charge in [0.1, 0.15) is 17.7 Å². The van der Waals surface area contributed by atoms with Crippen LogP contribution in [0, 0.1) is 17.5 Å². The highest BCUT2D eigenvalue weighted by atomic mass is 19.2. The van der Waals surface area contributed by atoms with Gasteiger partial charge in [0.25, 0.3) is 0 Å². The number of aromatic nitrogens is 1. The number of hydrogen-bond donors (Lipinski definition) is 1. The average molecular weight is 297 g/mol. The first-order chi connectivity index (χ1) is 9.88. The lowest BCUT2D eigenvalue weighted by Crippen LogP contribution is -2.08. The van der Waals surface area contributed by atoms with Crippen LogP contribution in [0.15, 0.2) is 30.6 Å². The molecule has 0 aliphatic heterocycles. The minimum atomic E-state index is -1.47. The van der Waals surface area contributed by atoms with Gasteiger partial charge >= 0.3 is 0 Å². The van der Waals surface area contributed by atoms with E-state index in [1.54, 1.807) is 0 Å².